The summed E-state index contributed by atoms with van der Waals surface area (Å²) in [5.74, 6) is -0.488. The number of hydrogen-bond acceptors (Lipinski definition) is 4. The van der Waals surface area contributed by atoms with Gasteiger partial charge in [-0.25, -0.2) is 0 Å². The Balaban J connectivity index is 0.00000364. The van der Waals surface area contributed by atoms with Crippen molar-refractivity contribution in [1.29, 1.82) is 0 Å². The van der Waals surface area contributed by atoms with Crippen molar-refractivity contribution in [3.8, 4) is 17.2 Å². The van der Waals surface area contributed by atoms with Crippen LogP contribution >= 0.6 is 0 Å². The Morgan fingerprint density at radius 1 is 1.00 bits per heavy atom. The van der Waals surface area contributed by atoms with E-state index in [0.29, 0.717) is 17.7 Å². The summed E-state index contributed by atoms with van der Waals surface area (Å²) in [7, 11) is -4.61. The van der Waals surface area contributed by atoms with Crippen LogP contribution in [0.15, 0.2) is 47.4 Å². The molecule has 0 fully saturated rings. The molecule has 0 bridgehead atoms. The van der Waals surface area contributed by atoms with E-state index in [1.54, 1.807) is 30.3 Å². The minimum Gasteiger partial charge on any atom is -0.869 e. The first-order valence-electron chi connectivity index (χ1n) is 8.96. The molecule has 1 N–H and O–H groups in total. The minimum atomic E-state index is -4.61. The smallest absolute Gasteiger partial charge is 0.869 e. The number of aryl methyl sites for hydroxylation is 1. The van der Waals surface area contributed by atoms with Crippen molar-refractivity contribution in [2.75, 3.05) is 0 Å². The van der Waals surface area contributed by atoms with Gasteiger partial charge in [0.25, 0.3) is 10.1 Å². The molecule has 0 radical (unpaired) electrons. The minimum absolute atomic E-state index is 0. The van der Waals surface area contributed by atoms with E-state index < -0.39 is 20.8 Å². The summed E-state index contributed by atoms with van der Waals surface area (Å²) in [5.41, 5.74) is 0.665. The Morgan fingerprint density at radius 2 is 1.63 bits per heavy atom. The molecule has 0 saturated carbocycles. The summed E-state index contributed by atoms with van der Waals surface area (Å²) in [6, 6.07) is 11.5. The quantitative estimate of drug-likeness (QED) is 0.373. The summed E-state index contributed by atoms with van der Waals surface area (Å²) in [6.07, 6.45) is 7.27. The Labute approximate surface area is 183 Å². The van der Waals surface area contributed by atoms with Gasteiger partial charge in [-0.1, -0.05) is 57.2 Å². The van der Waals surface area contributed by atoms with Gasteiger partial charge < -0.3 is 9.84 Å². The second-order valence-corrected chi connectivity index (χ2v) is 7.72. The van der Waals surface area contributed by atoms with Crippen LogP contribution in [0.25, 0.3) is 0 Å². The molecule has 2 rings (SSSR count). The Bertz CT molecular complexity index is 807. The molecule has 0 spiro atoms. The molecular formula is C20H25NaO5S. The zero-order valence-electron chi connectivity index (χ0n) is 16.0. The third-order valence-corrected chi connectivity index (χ3v) is 5.01. The predicted molar refractivity (Wildman–Crippen MR) is 99.3 cm³/mol. The van der Waals surface area contributed by atoms with Gasteiger partial charge in [0.15, 0.2) is 0 Å². The maximum absolute atomic E-state index is 12.4. The topological polar surface area (TPSA) is 86.7 Å². The zero-order chi connectivity index (χ0) is 19.0. The van der Waals surface area contributed by atoms with Gasteiger partial charge >= 0.3 is 29.6 Å². The van der Waals surface area contributed by atoms with Crippen LogP contribution in [0.1, 0.15) is 51.0 Å². The average molecular weight is 400 g/mol. The number of benzene rings is 2. The molecule has 2 aromatic rings. The summed E-state index contributed by atoms with van der Waals surface area (Å²) in [4.78, 5) is -0.632. The van der Waals surface area contributed by atoms with E-state index in [9.17, 15) is 18.1 Å². The molecule has 0 atom stereocenters. The van der Waals surface area contributed by atoms with Gasteiger partial charge in [-0.15, -0.1) is 0 Å². The van der Waals surface area contributed by atoms with Crippen molar-refractivity contribution in [2.24, 2.45) is 0 Å². The van der Waals surface area contributed by atoms with Crippen molar-refractivity contribution in [2.45, 2.75) is 56.8 Å². The molecule has 5 nitrogen and oxygen atoms in total. The Kier molecular flexibility index (Phi) is 10.4. The first-order valence-corrected chi connectivity index (χ1v) is 10.4. The Morgan fingerprint density at radius 3 is 2.26 bits per heavy atom. The molecule has 0 saturated heterocycles. The van der Waals surface area contributed by atoms with E-state index in [0.717, 1.165) is 19.3 Å². The number of rotatable bonds is 10. The van der Waals surface area contributed by atoms with Crippen LogP contribution in [-0.2, 0) is 16.5 Å². The van der Waals surface area contributed by atoms with Crippen molar-refractivity contribution < 1.29 is 52.4 Å². The third kappa shape index (κ3) is 7.84. The summed E-state index contributed by atoms with van der Waals surface area (Å²) < 4.78 is 38.0. The second kappa shape index (κ2) is 11.7. The van der Waals surface area contributed by atoms with Crippen LogP contribution in [0, 0.1) is 0 Å². The molecule has 0 unspecified atom stereocenters. The first-order chi connectivity index (χ1) is 12.4. The maximum Gasteiger partial charge on any atom is 1.00 e. The number of unbranched alkanes of at least 4 members (excludes halogenated alkanes) is 5. The van der Waals surface area contributed by atoms with Gasteiger partial charge in [-0.3, -0.25) is 4.55 Å². The molecule has 0 aromatic heterocycles. The fourth-order valence-electron chi connectivity index (χ4n) is 2.77. The van der Waals surface area contributed by atoms with E-state index in [4.69, 9.17) is 4.74 Å². The van der Waals surface area contributed by atoms with E-state index in [-0.39, 0.29) is 35.3 Å². The molecule has 27 heavy (non-hydrogen) atoms. The second-order valence-electron chi connectivity index (χ2n) is 6.33. The predicted octanol–water partition coefficient (Wildman–Crippen LogP) is 1.71. The average Bonchev–Trinajstić information content (AvgIpc) is 2.60. The van der Waals surface area contributed by atoms with Crippen LogP contribution < -0.4 is 39.4 Å². The van der Waals surface area contributed by atoms with Gasteiger partial charge in [-0.2, -0.15) is 8.42 Å². The molecule has 0 amide bonds. The largest absolute Gasteiger partial charge is 1.00 e. The van der Waals surface area contributed by atoms with Crippen LogP contribution in [-0.4, -0.2) is 13.0 Å². The molecule has 0 aliphatic carbocycles. The molecule has 0 aliphatic rings. The number of para-hydroxylation sites is 1. The van der Waals surface area contributed by atoms with Crippen molar-refractivity contribution in [3.05, 3.63) is 48.0 Å². The fourth-order valence-corrected chi connectivity index (χ4v) is 3.40. The standard InChI is InChI=1S/C20H26O5S.Na/c1-2-3-4-5-6-8-11-16-14-18(25-17-12-9-7-10-13-17)20(21)19(15-16)26(22,23)24;/h7,9-10,12-15,21H,2-6,8,11H2,1H3,(H,22,23,24);/q;+1/p-1. The maximum atomic E-state index is 12.4. The zero-order valence-corrected chi connectivity index (χ0v) is 18.8. The van der Waals surface area contributed by atoms with Crippen molar-refractivity contribution in [3.63, 3.8) is 0 Å². The van der Waals surface area contributed by atoms with Crippen molar-refractivity contribution >= 4 is 10.1 Å². The van der Waals surface area contributed by atoms with E-state index >= 15 is 0 Å². The summed E-state index contributed by atoms with van der Waals surface area (Å²) in [6.45, 7) is 2.16. The summed E-state index contributed by atoms with van der Waals surface area (Å²) >= 11 is 0. The van der Waals surface area contributed by atoms with Gasteiger partial charge in [0.2, 0.25) is 0 Å². The van der Waals surface area contributed by atoms with E-state index in [1.165, 1.54) is 25.3 Å². The molecule has 142 valence electrons. The molecule has 0 aliphatic heterocycles. The van der Waals surface area contributed by atoms with Gasteiger partial charge in [-0.05, 0) is 48.4 Å². The fraction of sp³-hybridized carbons (Fsp3) is 0.400. The SMILES string of the molecule is CCCCCCCCc1cc(Oc2ccccc2)c([O-])c(S(=O)(=O)O)c1.[Na+]. The Hall–Kier alpha value is -1.05. The van der Waals surface area contributed by atoms with Crippen LogP contribution in [0.3, 0.4) is 0 Å². The third-order valence-electron chi connectivity index (χ3n) is 4.15. The molecule has 7 heteroatoms. The van der Waals surface area contributed by atoms with Gasteiger partial charge in [0, 0.05) is 0 Å². The van der Waals surface area contributed by atoms with Crippen LogP contribution in [0.2, 0.25) is 0 Å². The van der Waals surface area contributed by atoms with Crippen LogP contribution in [0.5, 0.6) is 17.2 Å². The monoisotopic (exact) mass is 400 g/mol. The van der Waals surface area contributed by atoms with Crippen LogP contribution in [0.4, 0.5) is 0 Å². The normalized spacial score (nSPS) is 11.0. The van der Waals surface area contributed by atoms with E-state index in [1.807, 2.05) is 6.07 Å². The summed E-state index contributed by atoms with van der Waals surface area (Å²) in [5, 5.41) is 12.4. The van der Waals surface area contributed by atoms with E-state index in [2.05, 4.69) is 6.92 Å². The van der Waals surface area contributed by atoms with Gasteiger partial charge in [0.05, 0.1) is 4.90 Å². The van der Waals surface area contributed by atoms with Crippen molar-refractivity contribution in [1.82, 2.24) is 0 Å². The molecule has 0 heterocycles. The molecular weight excluding hydrogens is 375 g/mol. The number of hydrogen-bond donors (Lipinski definition) is 1. The first kappa shape index (κ1) is 24.0. The molecule has 2 aromatic carbocycles. The number of ether oxygens (including phenoxy) is 1. The van der Waals surface area contributed by atoms with Gasteiger partial charge in [0.1, 0.15) is 11.5 Å².